The van der Waals surface area contributed by atoms with Crippen molar-refractivity contribution in [3.8, 4) is 11.9 Å². The monoisotopic (exact) mass is 566 g/mol. The highest BCUT2D eigenvalue weighted by molar-refractivity contribution is 7.45. The fraction of sp³-hybridized carbons (Fsp3) is 0.571. The normalized spacial score (nSPS) is 32.0. The van der Waals surface area contributed by atoms with E-state index in [2.05, 4.69) is 63.8 Å². The fourth-order valence-corrected chi connectivity index (χ4v) is 8.25. The standard InChI is InChI=1S/C28H35N6O5P/c1-5-20-23(38-40-34-15-9-13-21(34)28(3,39-40)19-11-7-6-8-12-19)24(35-4)27(37-20)33-17-30-22-25(33)31-18(2)32-26(22)36-16-10-14-29/h6-8,11-12,17,20-21,23-24,27H,5,9-10,13,15-16H2,1-4H3/t20-,21+,23?,24+,27-,28-,40+/m1/s1. The van der Waals surface area contributed by atoms with Crippen molar-refractivity contribution in [3.05, 3.63) is 48.0 Å². The lowest BCUT2D eigenvalue weighted by Crippen LogP contribution is -2.37. The Kier molecular flexibility index (Phi) is 7.75. The number of rotatable bonds is 9. The van der Waals surface area contributed by atoms with Gasteiger partial charge in [0.2, 0.25) is 5.88 Å². The van der Waals surface area contributed by atoms with E-state index in [9.17, 15) is 0 Å². The van der Waals surface area contributed by atoms with Crippen LogP contribution in [0.3, 0.4) is 0 Å². The minimum absolute atomic E-state index is 0.211. The molecule has 3 saturated heterocycles. The molecular formula is C28H35N6O5P. The van der Waals surface area contributed by atoms with Gasteiger partial charge >= 0.3 is 0 Å². The molecule has 7 atom stereocenters. The van der Waals surface area contributed by atoms with Crippen molar-refractivity contribution in [2.24, 2.45) is 0 Å². The molecule has 40 heavy (non-hydrogen) atoms. The third kappa shape index (κ3) is 4.67. The summed E-state index contributed by atoms with van der Waals surface area (Å²) in [5.74, 6) is 0.891. The largest absolute Gasteiger partial charge is 0.475 e. The topological polar surface area (TPSA) is 117 Å². The molecule has 3 aliphatic heterocycles. The molecule has 2 aromatic heterocycles. The zero-order chi connectivity index (χ0) is 27.9. The molecule has 0 saturated carbocycles. The Labute approximate surface area is 235 Å². The van der Waals surface area contributed by atoms with Gasteiger partial charge in [-0.25, -0.2) is 14.6 Å². The second-order valence-electron chi connectivity index (χ2n) is 10.5. The van der Waals surface area contributed by atoms with Crippen LogP contribution >= 0.6 is 8.53 Å². The van der Waals surface area contributed by atoms with Crippen molar-refractivity contribution in [1.29, 1.82) is 5.26 Å². The Bertz CT molecular complexity index is 1380. The van der Waals surface area contributed by atoms with Gasteiger partial charge in [0.25, 0.3) is 8.53 Å². The molecule has 0 amide bonds. The lowest BCUT2D eigenvalue weighted by atomic mass is 9.87. The molecule has 1 aromatic carbocycles. The zero-order valence-corrected chi connectivity index (χ0v) is 24.2. The highest BCUT2D eigenvalue weighted by atomic mass is 31.2. The number of ether oxygens (including phenoxy) is 3. The molecule has 0 spiro atoms. The number of benzene rings is 1. The molecule has 0 bridgehead atoms. The molecule has 1 unspecified atom stereocenters. The summed E-state index contributed by atoms with van der Waals surface area (Å²) < 4.78 is 36.3. The van der Waals surface area contributed by atoms with Crippen molar-refractivity contribution in [3.63, 3.8) is 0 Å². The molecular weight excluding hydrogens is 531 g/mol. The summed E-state index contributed by atoms with van der Waals surface area (Å²) in [6.45, 7) is 7.25. The first kappa shape index (κ1) is 27.5. The van der Waals surface area contributed by atoms with Crippen molar-refractivity contribution >= 4 is 19.7 Å². The van der Waals surface area contributed by atoms with Gasteiger partial charge in [-0.2, -0.15) is 10.2 Å². The Balaban J connectivity index is 1.28. The van der Waals surface area contributed by atoms with Gasteiger partial charge in [0, 0.05) is 13.7 Å². The van der Waals surface area contributed by atoms with Crippen LogP contribution in [0, 0.1) is 18.3 Å². The number of methoxy groups -OCH3 is 1. The van der Waals surface area contributed by atoms with Crippen LogP contribution < -0.4 is 4.74 Å². The lowest BCUT2D eigenvalue weighted by Gasteiger charge is -2.29. The van der Waals surface area contributed by atoms with Crippen molar-refractivity contribution in [1.82, 2.24) is 24.2 Å². The molecule has 6 rings (SSSR count). The molecule has 12 heteroatoms. The number of hydrogen-bond acceptors (Lipinski definition) is 10. The quantitative estimate of drug-likeness (QED) is 0.265. The van der Waals surface area contributed by atoms with Crippen molar-refractivity contribution in [2.45, 2.75) is 82.6 Å². The highest BCUT2D eigenvalue weighted by Gasteiger charge is 2.57. The van der Waals surface area contributed by atoms with Gasteiger partial charge < -0.3 is 23.3 Å². The minimum atomic E-state index is -1.33. The molecule has 212 valence electrons. The Morgan fingerprint density at radius 3 is 2.80 bits per heavy atom. The molecule has 0 radical (unpaired) electrons. The van der Waals surface area contributed by atoms with Gasteiger partial charge in [0.05, 0.1) is 31.0 Å². The van der Waals surface area contributed by atoms with E-state index in [1.807, 2.05) is 10.6 Å². The first-order valence-corrected chi connectivity index (χ1v) is 15.0. The van der Waals surface area contributed by atoms with Gasteiger partial charge in [-0.05, 0) is 38.7 Å². The SMILES string of the molecule is CC[C@H]1O[C@@H](n2cnc3c(OCCC#N)nc(C)nc32)[C@@H](OC)C1O[P@@]1O[C@](C)(c2ccccc2)[C@@H]2CCCN21. The van der Waals surface area contributed by atoms with Crippen molar-refractivity contribution < 1.29 is 23.3 Å². The summed E-state index contributed by atoms with van der Waals surface area (Å²) in [4.78, 5) is 13.6. The summed E-state index contributed by atoms with van der Waals surface area (Å²) in [7, 11) is 0.355. The van der Waals surface area contributed by atoms with Crippen LogP contribution in [-0.2, 0) is 24.1 Å². The third-order valence-corrected chi connectivity index (χ3v) is 9.94. The first-order chi connectivity index (χ1) is 19.5. The predicted molar refractivity (Wildman–Crippen MR) is 147 cm³/mol. The van der Waals surface area contributed by atoms with Crippen LogP contribution in [0.5, 0.6) is 5.88 Å². The Hall–Kier alpha value is -2.71. The molecule has 3 aromatic rings. The molecule has 3 fully saturated rings. The number of nitrogens with zero attached hydrogens (tertiary/aromatic N) is 6. The zero-order valence-electron chi connectivity index (χ0n) is 23.3. The molecule has 3 aliphatic rings. The van der Waals surface area contributed by atoms with Crippen LogP contribution in [0.2, 0.25) is 0 Å². The van der Waals surface area contributed by atoms with E-state index in [0.717, 1.165) is 25.8 Å². The van der Waals surface area contributed by atoms with Crippen LogP contribution in [-0.4, -0.2) is 68.8 Å². The molecule has 11 nitrogen and oxygen atoms in total. The second kappa shape index (κ2) is 11.3. The van der Waals surface area contributed by atoms with Crippen LogP contribution in [0.4, 0.5) is 0 Å². The summed E-state index contributed by atoms with van der Waals surface area (Å²) in [5.41, 5.74) is 1.83. The number of aryl methyl sites for hydroxylation is 1. The number of imidazole rings is 1. The van der Waals surface area contributed by atoms with Gasteiger partial charge in [-0.1, -0.05) is 37.3 Å². The van der Waals surface area contributed by atoms with E-state index in [4.69, 9.17) is 28.5 Å². The molecule has 0 N–H and O–H groups in total. The van der Waals surface area contributed by atoms with Gasteiger partial charge in [0.15, 0.2) is 17.4 Å². The summed E-state index contributed by atoms with van der Waals surface area (Å²) in [5, 5.41) is 8.89. The maximum Gasteiger partial charge on any atom is 0.260 e. The van der Waals surface area contributed by atoms with E-state index in [-0.39, 0.29) is 31.3 Å². The van der Waals surface area contributed by atoms with E-state index in [1.54, 1.807) is 20.4 Å². The average molecular weight is 567 g/mol. The van der Waals surface area contributed by atoms with Gasteiger partial charge in [0.1, 0.15) is 30.2 Å². The predicted octanol–water partition coefficient (Wildman–Crippen LogP) is 4.77. The molecule has 0 aliphatic carbocycles. The number of nitriles is 1. The number of aromatic nitrogens is 4. The second-order valence-corrected chi connectivity index (χ2v) is 11.9. The van der Waals surface area contributed by atoms with Crippen LogP contribution in [0.1, 0.15) is 57.1 Å². The highest BCUT2D eigenvalue weighted by Crippen LogP contribution is 2.64. The number of fused-ring (bicyclic) bond motifs is 2. The maximum absolute atomic E-state index is 8.89. The number of hydrogen-bond donors (Lipinski definition) is 0. The van der Waals surface area contributed by atoms with E-state index < -0.39 is 26.5 Å². The van der Waals surface area contributed by atoms with Gasteiger partial charge in [-0.3, -0.25) is 4.57 Å². The van der Waals surface area contributed by atoms with Crippen LogP contribution in [0.25, 0.3) is 11.2 Å². The molecule has 5 heterocycles. The Morgan fingerprint density at radius 2 is 2.05 bits per heavy atom. The van der Waals surface area contributed by atoms with E-state index in [0.29, 0.717) is 22.9 Å². The van der Waals surface area contributed by atoms with Crippen molar-refractivity contribution in [2.75, 3.05) is 20.3 Å². The Morgan fingerprint density at radius 1 is 1.23 bits per heavy atom. The summed E-state index contributed by atoms with van der Waals surface area (Å²) in [6, 6.07) is 12.8. The maximum atomic E-state index is 8.89. The van der Waals surface area contributed by atoms with Crippen LogP contribution in [0.15, 0.2) is 36.7 Å². The summed E-state index contributed by atoms with van der Waals surface area (Å²) in [6.07, 6.45) is 3.37. The lowest BCUT2D eigenvalue weighted by molar-refractivity contribution is -0.0494. The van der Waals surface area contributed by atoms with Gasteiger partial charge in [-0.15, -0.1) is 0 Å². The first-order valence-electron chi connectivity index (χ1n) is 13.9. The summed E-state index contributed by atoms with van der Waals surface area (Å²) >= 11 is 0. The third-order valence-electron chi connectivity index (χ3n) is 8.08. The fourth-order valence-electron chi connectivity index (χ4n) is 6.10. The van der Waals surface area contributed by atoms with E-state index in [1.165, 1.54) is 5.56 Å². The minimum Gasteiger partial charge on any atom is -0.475 e. The van der Waals surface area contributed by atoms with E-state index >= 15 is 0 Å². The average Bonchev–Trinajstić information content (AvgIpc) is 3.73. The smallest absolute Gasteiger partial charge is 0.260 e.